The number of nitrogens with one attached hydrogen (secondary N) is 2. The zero-order valence-electron chi connectivity index (χ0n) is 36.7. The molecule has 1 aliphatic rings. The molecule has 12 heteroatoms. The van der Waals surface area contributed by atoms with Gasteiger partial charge in [0.25, 0.3) is 5.91 Å². The largest absolute Gasteiger partial charge is 0.461 e. The second-order valence-corrected chi connectivity index (χ2v) is 17.2. The Morgan fingerprint density at radius 2 is 1.56 bits per heavy atom. The average Bonchev–Trinajstić information content (AvgIpc) is 3.90. The summed E-state index contributed by atoms with van der Waals surface area (Å²) >= 11 is 1.27. The van der Waals surface area contributed by atoms with Crippen LogP contribution in [0.2, 0.25) is 0 Å². The highest BCUT2D eigenvalue weighted by molar-refractivity contribution is 7.09. The smallest absolute Gasteiger partial charge is 0.407 e. The molecule has 4 aromatic rings. The molecule has 6 atom stereocenters. The van der Waals surface area contributed by atoms with E-state index < -0.39 is 24.2 Å². The van der Waals surface area contributed by atoms with Crippen LogP contribution in [0.25, 0.3) is 11.1 Å². The van der Waals surface area contributed by atoms with Crippen molar-refractivity contribution < 1.29 is 33.4 Å². The molecule has 0 spiro atoms. The Labute approximate surface area is 370 Å². The van der Waals surface area contributed by atoms with E-state index in [-0.39, 0.29) is 73.1 Å². The van der Waals surface area contributed by atoms with E-state index in [0.717, 1.165) is 27.8 Å². The summed E-state index contributed by atoms with van der Waals surface area (Å²) in [7, 11) is 1.74. The number of ether oxygens (including phenoxy) is 3. The summed E-state index contributed by atoms with van der Waals surface area (Å²) in [6.07, 6.45) is 7.69. The van der Waals surface area contributed by atoms with Crippen molar-refractivity contribution in [3.05, 3.63) is 124 Å². The predicted octanol–water partition coefficient (Wildman–Crippen LogP) is 8.76. The standard InChI is InChI=1S/C50H60N4O7S/c1-9-25-59-44(47-52-42(31-62-47)46(55)51-36(28-35-19-13-12-14-20-35)27-34(7)49(57)60-26-10-2)29-43(32(4)5)54(8)48(56)45(33(6)11-3)53-50(58)61-30-41-39-23-17-15-21-37(39)38-22-16-18-24-40(38)41/h1,10,12-24,31-34,36,41,43-45H,2,11,25-30H2,3-8H3,(H,51,55)(H,53,58)/t33-,34-,36+,43+,44+,45-/m0/s1. The van der Waals surface area contributed by atoms with Crippen LogP contribution in [-0.2, 0) is 30.2 Å². The van der Waals surface area contributed by atoms with E-state index in [0.29, 0.717) is 30.7 Å². The average molecular weight is 861 g/mol. The summed E-state index contributed by atoms with van der Waals surface area (Å²) in [5.41, 5.74) is 5.68. The van der Waals surface area contributed by atoms with Crippen LogP contribution >= 0.6 is 11.3 Å². The molecule has 0 radical (unpaired) electrons. The topological polar surface area (TPSA) is 136 Å². The zero-order valence-corrected chi connectivity index (χ0v) is 37.5. The lowest BCUT2D eigenvalue weighted by molar-refractivity contribution is -0.147. The number of fused-ring (bicyclic) bond motifs is 3. The zero-order chi connectivity index (χ0) is 44.8. The Morgan fingerprint density at radius 3 is 2.18 bits per heavy atom. The van der Waals surface area contributed by atoms with Crippen LogP contribution in [0.15, 0.2) is 96.9 Å². The molecule has 0 saturated carbocycles. The Morgan fingerprint density at radius 1 is 0.919 bits per heavy atom. The normalized spacial score (nSPS) is 14.8. The van der Waals surface area contributed by atoms with Crippen LogP contribution in [0.1, 0.15) is 98.1 Å². The molecule has 62 heavy (non-hydrogen) atoms. The number of thiazole rings is 1. The van der Waals surface area contributed by atoms with Crippen LogP contribution in [0, 0.1) is 30.1 Å². The first-order valence-electron chi connectivity index (χ1n) is 21.4. The first-order valence-corrected chi connectivity index (χ1v) is 22.3. The molecule has 0 bridgehead atoms. The molecular weight excluding hydrogens is 801 g/mol. The van der Waals surface area contributed by atoms with Crippen LogP contribution < -0.4 is 10.6 Å². The third-order valence-corrected chi connectivity index (χ3v) is 12.5. The van der Waals surface area contributed by atoms with Gasteiger partial charge in [-0.1, -0.05) is 138 Å². The van der Waals surface area contributed by atoms with Crippen LogP contribution in [0.3, 0.4) is 0 Å². The number of aromatic nitrogens is 1. The minimum atomic E-state index is -0.850. The molecule has 2 N–H and O–H groups in total. The van der Waals surface area contributed by atoms with Crippen molar-refractivity contribution in [1.82, 2.24) is 20.5 Å². The number of nitrogens with zero attached hydrogens (tertiary/aromatic N) is 2. The third kappa shape index (κ3) is 12.2. The van der Waals surface area contributed by atoms with Gasteiger partial charge in [0.2, 0.25) is 5.91 Å². The molecule has 1 aromatic heterocycles. The minimum Gasteiger partial charge on any atom is -0.461 e. The van der Waals surface area contributed by atoms with E-state index in [4.69, 9.17) is 25.6 Å². The van der Waals surface area contributed by atoms with Gasteiger partial charge in [0.05, 0.1) is 5.92 Å². The highest BCUT2D eigenvalue weighted by Gasteiger charge is 2.36. The summed E-state index contributed by atoms with van der Waals surface area (Å²) in [5.74, 6) is 0.704. The maximum absolute atomic E-state index is 14.4. The Bertz CT molecular complexity index is 2140. The fourth-order valence-electron chi connectivity index (χ4n) is 8.02. The monoisotopic (exact) mass is 860 g/mol. The predicted molar refractivity (Wildman–Crippen MR) is 243 cm³/mol. The molecule has 5 rings (SSSR count). The van der Waals surface area contributed by atoms with Gasteiger partial charge in [-0.15, -0.1) is 17.8 Å². The number of carbonyl (C=O) groups is 4. The highest BCUT2D eigenvalue weighted by Crippen LogP contribution is 2.44. The number of carbonyl (C=O) groups excluding carboxylic acids is 4. The van der Waals surface area contributed by atoms with Gasteiger partial charge < -0.3 is 29.7 Å². The lowest BCUT2D eigenvalue weighted by atomic mass is 9.93. The number of rotatable bonds is 22. The molecule has 3 aromatic carbocycles. The Hall–Kier alpha value is -5.77. The second kappa shape index (κ2) is 22.9. The van der Waals surface area contributed by atoms with E-state index in [1.165, 1.54) is 17.4 Å². The van der Waals surface area contributed by atoms with E-state index in [1.54, 1.807) is 24.3 Å². The molecule has 0 saturated heterocycles. The van der Waals surface area contributed by atoms with Gasteiger partial charge in [-0.25, -0.2) is 9.78 Å². The molecule has 328 valence electrons. The van der Waals surface area contributed by atoms with E-state index in [2.05, 4.69) is 47.4 Å². The van der Waals surface area contributed by atoms with Crippen molar-refractivity contribution in [2.45, 2.75) is 90.4 Å². The Balaban J connectivity index is 1.28. The van der Waals surface area contributed by atoms with Crippen molar-refractivity contribution in [1.29, 1.82) is 0 Å². The summed E-state index contributed by atoms with van der Waals surface area (Å²) < 4.78 is 17.3. The van der Waals surface area contributed by atoms with Gasteiger partial charge in [-0.3, -0.25) is 14.4 Å². The number of alkyl carbamates (subject to hydrolysis) is 1. The SMILES string of the molecule is C#CCO[C@H](C[C@H](C(C)C)N(C)C(=O)[C@@H](NC(=O)OCC1c2ccccc2-c2ccccc21)[C@@H](C)CC)c1nc(C(=O)N[C@@H](Cc2ccccc2)C[C@H](C)C(=O)OCC=C)cs1. The Kier molecular flexibility index (Phi) is 17.5. The first-order chi connectivity index (χ1) is 29.9. The molecule has 1 heterocycles. The van der Waals surface area contributed by atoms with E-state index in [1.807, 2.05) is 82.3 Å². The number of terminal acetylenes is 1. The van der Waals surface area contributed by atoms with Crippen molar-refractivity contribution in [3.63, 3.8) is 0 Å². The molecule has 0 unspecified atom stereocenters. The van der Waals surface area contributed by atoms with Crippen molar-refractivity contribution >= 4 is 35.2 Å². The third-order valence-electron chi connectivity index (χ3n) is 11.6. The van der Waals surface area contributed by atoms with Crippen molar-refractivity contribution in [3.8, 4) is 23.5 Å². The van der Waals surface area contributed by atoms with Gasteiger partial charge in [0.15, 0.2) is 0 Å². The fraction of sp³-hybridized carbons (Fsp3) is 0.420. The fourth-order valence-corrected chi connectivity index (χ4v) is 8.88. The van der Waals surface area contributed by atoms with Gasteiger partial charge in [0.1, 0.15) is 42.7 Å². The molecular formula is C50H60N4O7S. The highest BCUT2D eigenvalue weighted by atomic mass is 32.1. The molecule has 11 nitrogen and oxygen atoms in total. The summed E-state index contributed by atoms with van der Waals surface area (Å²) in [5, 5.41) is 8.22. The maximum atomic E-state index is 14.4. The van der Waals surface area contributed by atoms with Gasteiger partial charge in [-0.05, 0) is 52.5 Å². The number of benzene rings is 3. The van der Waals surface area contributed by atoms with Gasteiger partial charge in [0, 0.05) is 36.9 Å². The maximum Gasteiger partial charge on any atom is 0.407 e. The molecule has 0 aliphatic heterocycles. The van der Waals surface area contributed by atoms with Crippen molar-refractivity contribution in [2.24, 2.45) is 17.8 Å². The molecule has 3 amide bonds. The molecule has 0 fully saturated rings. The number of likely N-dealkylation sites (N-methyl/N-ethyl adjacent to an activating group) is 1. The van der Waals surface area contributed by atoms with Crippen molar-refractivity contribution in [2.75, 3.05) is 26.9 Å². The van der Waals surface area contributed by atoms with E-state index in [9.17, 15) is 19.2 Å². The van der Waals surface area contributed by atoms with E-state index >= 15 is 0 Å². The lowest BCUT2D eigenvalue weighted by Gasteiger charge is -2.37. The summed E-state index contributed by atoms with van der Waals surface area (Å²) in [6.45, 7) is 13.6. The number of hydrogen-bond donors (Lipinski definition) is 2. The number of amides is 3. The van der Waals surface area contributed by atoms with Crippen LogP contribution in [0.5, 0.6) is 0 Å². The van der Waals surface area contributed by atoms with Gasteiger partial charge >= 0.3 is 12.1 Å². The summed E-state index contributed by atoms with van der Waals surface area (Å²) in [6, 6.07) is 24.4. The van der Waals surface area contributed by atoms with Crippen LogP contribution in [-0.4, -0.2) is 78.8 Å². The second-order valence-electron chi connectivity index (χ2n) is 16.3. The van der Waals surface area contributed by atoms with Crippen LogP contribution in [0.4, 0.5) is 4.79 Å². The quantitative estimate of drug-likeness (QED) is 0.0455. The minimum absolute atomic E-state index is 0.00786. The lowest BCUT2D eigenvalue weighted by Crippen LogP contribution is -2.54. The molecule has 1 aliphatic carbocycles. The first kappa shape index (κ1) is 47.3. The van der Waals surface area contributed by atoms with Gasteiger partial charge in [-0.2, -0.15) is 0 Å². The number of esters is 1. The summed E-state index contributed by atoms with van der Waals surface area (Å²) in [4.78, 5) is 60.7. The number of hydrogen-bond acceptors (Lipinski definition) is 9.